The Morgan fingerprint density at radius 3 is 2.54 bits per heavy atom. The minimum atomic E-state index is -0.979. The Balaban J connectivity index is 1.52. The molecule has 1 amide bonds. The van der Waals surface area contributed by atoms with Gasteiger partial charge in [-0.15, -0.1) is 11.3 Å². The Bertz CT molecular complexity index is 1550. The number of ether oxygens (including phenoxy) is 2. The molecule has 0 spiro atoms. The van der Waals surface area contributed by atoms with Gasteiger partial charge in [0.2, 0.25) is 0 Å². The summed E-state index contributed by atoms with van der Waals surface area (Å²) < 4.78 is 11.4. The second-order valence-corrected chi connectivity index (χ2v) is 9.82. The first-order valence-corrected chi connectivity index (χ1v) is 13.2. The second-order valence-electron chi connectivity index (χ2n) is 8.95. The van der Waals surface area contributed by atoms with Gasteiger partial charge in [0.25, 0.3) is 5.78 Å². The number of carbonyl (C=O) groups excluding carboxylic acids is 2. The van der Waals surface area contributed by atoms with E-state index in [4.69, 9.17) is 9.47 Å². The van der Waals surface area contributed by atoms with Crippen LogP contribution in [0, 0.1) is 6.92 Å². The van der Waals surface area contributed by atoms with Crippen LogP contribution in [0.5, 0.6) is 17.2 Å². The number of hydrogen-bond acceptors (Lipinski definition) is 8. The molecule has 4 aromatic rings. The summed E-state index contributed by atoms with van der Waals surface area (Å²) in [5.41, 5.74) is 2.91. The number of ketones is 1. The van der Waals surface area contributed by atoms with Gasteiger partial charge < -0.3 is 19.7 Å². The van der Waals surface area contributed by atoms with Crippen molar-refractivity contribution in [1.82, 2.24) is 4.98 Å². The largest absolute Gasteiger partial charge is 0.507 e. The number of nitrogens with zero attached hydrogens (tertiary/aromatic N) is 2. The maximum absolute atomic E-state index is 13.3. The lowest BCUT2D eigenvalue weighted by Gasteiger charge is -2.23. The van der Waals surface area contributed by atoms with Gasteiger partial charge in [-0.1, -0.05) is 35.9 Å². The number of phenolic OH excluding ortho intramolecular Hbond substituents is 1. The van der Waals surface area contributed by atoms with Crippen molar-refractivity contribution in [2.24, 2.45) is 0 Å². The zero-order chi connectivity index (χ0) is 27.5. The highest BCUT2D eigenvalue weighted by Gasteiger charge is 2.48. The smallest absolute Gasteiger partial charge is 0.301 e. The van der Waals surface area contributed by atoms with Gasteiger partial charge in [0.05, 0.1) is 18.2 Å². The van der Waals surface area contributed by atoms with Crippen molar-refractivity contribution in [2.45, 2.75) is 26.5 Å². The van der Waals surface area contributed by atoms with Crippen molar-refractivity contribution in [3.05, 3.63) is 106 Å². The lowest BCUT2D eigenvalue weighted by atomic mass is 9.95. The van der Waals surface area contributed by atoms with Crippen LogP contribution < -0.4 is 14.4 Å². The van der Waals surface area contributed by atoms with Crippen LogP contribution in [0.25, 0.3) is 5.76 Å². The van der Waals surface area contributed by atoms with Gasteiger partial charge in [-0.2, -0.15) is 0 Å². The fourth-order valence-corrected chi connectivity index (χ4v) is 5.15. The van der Waals surface area contributed by atoms with Crippen LogP contribution in [0.1, 0.15) is 35.2 Å². The first-order chi connectivity index (χ1) is 18.9. The molecule has 3 aromatic carbocycles. The summed E-state index contributed by atoms with van der Waals surface area (Å²) in [4.78, 5) is 32.0. The van der Waals surface area contributed by atoms with E-state index >= 15 is 0 Å². The molecule has 1 aliphatic heterocycles. The fourth-order valence-electron chi connectivity index (χ4n) is 4.49. The highest BCUT2D eigenvalue weighted by Crippen LogP contribution is 2.44. The molecule has 1 aliphatic rings. The number of anilines is 1. The molecule has 1 fully saturated rings. The van der Waals surface area contributed by atoms with Crippen LogP contribution in [-0.4, -0.2) is 33.5 Å². The van der Waals surface area contributed by atoms with Crippen LogP contribution >= 0.6 is 11.3 Å². The number of thiazole rings is 1. The molecule has 5 rings (SSSR count). The average molecular weight is 543 g/mol. The van der Waals surface area contributed by atoms with Crippen LogP contribution in [-0.2, 0) is 16.2 Å². The fraction of sp³-hybridized carbons (Fsp3) is 0.167. The minimum absolute atomic E-state index is 0.0759. The number of benzene rings is 3. The molecule has 39 heavy (non-hydrogen) atoms. The average Bonchev–Trinajstić information content (AvgIpc) is 3.55. The molecule has 0 aliphatic carbocycles. The van der Waals surface area contributed by atoms with Crippen molar-refractivity contribution in [2.75, 3.05) is 11.5 Å². The Kier molecular flexibility index (Phi) is 7.33. The Morgan fingerprint density at radius 2 is 1.85 bits per heavy atom. The predicted molar refractivity (Wildman–Crippen MR) is 148 cm³/mol. The third-order valence-electron chi connectivity index (χ3n) is 6.28. The van der Waals surface area contributed by atoms with E-state index in [9.17, 15) is 19.8 Å². The van der Waals surface area contributed by atoms with E-state index in [1.165, 1.54) is 28.5 Å². The molecule has 1 unspecified atom stereocenters. The van der Waals surface area contributed by atoms with Crippen molar-refractivity contribution in [3.8, 4) is 17.2 Å². The van der Waals surface area contributed by atoms with E-state index in [2.05, 4.69) is 4.98 Å². The summed E-state index contributed by atoms with van der Waals surface area (Å²) >= 11 is 1.20. The summed E-state index contributed by atoms with van der Waals surface area (Å²) in [7, 11) is 0. The molecule has 1 saturated heterocycles. The normalized spacial score (nSPS) is 16.5. The maximum atomic E-state index is 13.3. The van der Waals surface area contributed by atoms with E-state index in [0.29, 0.717) is 35.2 Å². The number of aliphatic hydroxyl groups is 1. The summed E-state index contributed by atoms with van der Waals surface area (Å²) in [5.74, 6) is -1.25. The summed E-state index contributed by atoms with van der Waals surface area (Å²) in [6.07, 6.45) is 1.54. The molecule has 1 atom stereocenters. The first-order valence-electron chi connectivity index (χ1n) is 12.3. The van der Waals surface area contributed by atoms with Gasteiger partial charge in [0, 0.05) is 17.1 Å². The molecule has 2 N–H and O–H groups in total. The molecule has 0 saturated carbocycles. The number of amides is 1. The molecule has 9 heteroatoms. The van der Waals surface area contributed by atoms with Crippen LogP contribution in [0.2, 0.25) is 0 Å². The number of carbonyl (C=O) groups is 2. The van der Waals surface area contributed by atoms with Gasteiger partial charge in [-0.3, -0.25) is 14.5 Å². The molecule has 198 valence electrons. The third kappa shape index (κ3) is 5.21. The quantitative estimate of drug-likeness (QED) is 0.165. The number of aliphatic hydroxyl groups excluding tert-OH is 1. The SMILES string of the molecule is CCOc1cc(C2/C(=C(/O)c3ccc(OCc4cccc(C)c4)cc3)C(=O)C(=O)N2c2nccs2)ccc1O. The lowest BCUT2D eigenvalue weighted by molar-refractivity contribution is -0.132. The molecular weight excluding hydrogens is 516 g/mol. The number of aryl methyl sites for hydroxylation is 1. The summed E-state index contributed by atoms with van der Waals surface area (Å²) in [6.45, 7) is 4.49. The Hall–Kier alpha value is -4.63. The second kappa shape index (κ2) is 11.0. The van der Waals surface area contributed by atoms with Gasteiger partial charge in [0.15, 0.2) is 16.6 Å². The topological polar surface area (TPSA) is 109 Å². The number of phenols is 1. The summed E-state index contributed by atoms with van der Waals surface area (Å²) in [5, 5.41) is 23.6. The molecular formula is C30H26N2O6S. The monoisotopic (exact) mass is 542 g/mol. The predicted octanol–water partition coefficient (Wildman–Crippen LogP) is 5.76. The standard InChI is InChI=1S/C30H26N2O6S/c1-3-37-24-16-21(9-12-23(24)33)26-25(28(35)29(36)32(26)30-31-13-14-39-30)27(34)20-7-10-22(11-8-20)38-17-19-6-4-5-18(2)15-19/h4-16,26,33-34H,3,17H2,1-2H3/b27-25-. The molecule has 1 aromatic heterocycles. The van der Waals surface area contributed by atoms with E-state index in [1.807, 2.05) is 31.2 Å². The lowest BCUT2D eigenvalue weighted by Crippen LogP contribution is -2.29. The van der Waals surface area contributed by atoms with Gasteiger partial charge >= 0.3 is 5.91 Å². The molecule has 0 radical (unpaired) electrons. The number of aromatic nitrogens is 1. The summed E-state index contributed by atoms with van der Waals surface area (Å²) in [6, 6.07) is 18.3. The van der Waals surface area contributed by atoms with Crippen molar-refractivity contribution < 1.29 is 29.3 Å². The Morgan fingerprint density at radius 1 is 1.05 bits per heavy atom. The van der Waals surface area contributed by atoms with E-state index in [1.54, 1.807) is 48.7 Å². The van der Waals surface area contributed by atoms with Gasteiger partial charge in [-0.05, 0) is 61.4 Å². The van der Waals surface area contributed by atoms with Crippen LogP contribution in [0.15, 0.2) is 83.9 Å². The van der Waals surface area contributed by atoms with Crippen molar-refractivity contribution in [1.29, 1.82) is 0 Å². The highest BCUT2D eigenvalue weighted by atomic mass is 32.1. The number of hydrogen-bond donors (Lipinski definition) is 2. The van der Waals surface area contributed by atoms with E-state index in [-0.39, 0.29) is 22.8 Å². The maximum Gasteiger partial charge on any atom is 0.301 e. The van der Waals surface area contributed by atoms with Gasteiger partial charge in [-0.25, -0.2) is 4.98 Å². The van der Waals surface area contributed by atoms with Crippen molar-refractivity contribution in [3.63, 3.8) is 0 Å². The minimum Gasteiger partial charge on any atom is -0.507 e. The van der Waals surface area contributed by atoms with Gasteiger partial charge in [0.1, 0.15) is 18.1 Å². The van der Waals surface area contributed by atoms with Crippen molar-refractivity contribution >= 4 is 33.9 Å². The van der Waals surface area contributed by atoms with Crippen LogP contribution in [0.4, 0.5) is 5.13 Å². The number of Topliss-reactive ketones (excluding diaryl/α,β-unsaturated/α-hetero) is 1. The number of rotatable bonds is 8. The zero-order valence-electron chi connectivity index (χ0n) is 21.3. The molecule has 0 bridgehead atoms. The zero-order valence-corrected chi connectivity index (χ0v) is 22.1. The first kappa shape index (κ1) is 26.0. The Labute approximate surface area is 229 Å². The number of aromatic hydroxyl groups is 1. The molecule has 2 heterocycles. The highest BCUT2D eigenvalue weighted by molar-refractivity contribution is 7.14. The van der Waals surface area contributed by atoms with E-state index in [0.717, 1.165) is 11.1 Å². The van der Waals surface area contributed by atoms with E-state index < -0.39 is 17.7 Å². The molecule has 8 nitrogen and oxygen atoms in total. The third-order valence-corrected chi connectivity index (χ3v) is 7.06. The van der Waals surface area contributed by atoms with Crippen LogP contribution in [0.3, 0.4) is 0 Å².